The van der Waals surface area contributed by atoms with Crippen LogP contribution in [0.15, 0.2) is 25.7 Å². The first-order chi connectivity index (χ1) is 6.97. The third-order valence-electron chi connectivity index (χ3n) is 1.79. The van der Waals surface area contributed by atoms with E-state index >= 15 is 0 Å². The molecule has 15 heavy (non-hydrogen) atoms. The van der Waals surface area contributed by atoms with Gasteiger partial charge in [0.15, 0.2) is 16.3 Å². The Kier molecular flexibility index (Phi) is 2.40. The van der Waals surface area contributed by atoms with E-state index in [9.17, 15) is 0 Å². The van der Waals surface area contributed by atoms with Gasteiger partial charge in [0.2, 0.25) is 0 Å². The van der Waals surface area contributed by atoms with Gasteiger partial charge in [-0.1, -0.05) is 5.16 Å². The highest BCUT2D eigenvalue weighted by molar-refractivity contribution is 9.10. The lowest BCUT2D eigenvalue weighted by atomic mass is 10.1. The zero-order valence-electron chi connectivity index (χ0n) is 8.32. The molecule has 0 bridgehead atoms. The number of rotatable bonds is 2. The van der Waals surface area contributed by atoms with E-state index in [0.717, 1.165) is 0 Å². The number of nitrogens with zero attached hydrogens (tertiary/aromatic N) is 2. The monoisotopic (exact) mass is 271 g/mol. The molecule has 0 spiro atoms. The van der Waals surface area contributed by atoms with Gasteiger partial charge >= 0.3 is 0 Å². The molecule has 0 unspecified atom stereocenters. The number of hydrogen-bond acceptors (Lipinski definition) is 5. The molecule has 2 rings (SSSR count). The number of hydrogen-bond donors (Lipinski definition) is 1. The molecule has 0 fully saturated rings. The minimum Gasteiger partial charge on any atom is -0.444 e. The van der Waals surface area contributed by atoms with Gasteiger partial charge in [0.25, 0.3) is 5.89 Å². The predicted molar refractivity (Wildman–Crippen MR) is 56.9 cm³/mol. The lowest BCUT2D eigenvalue weighted by molar-refractivity contribution is 0.387. The Labute approximate surface area is 94.8 Å². The second-order valence-electron chi connectivity index (χ2n) is 3.75. The maximum Gasteiger partial charge on any atom is 0.293 e. The highest BCUT2D eigenvalue weighted by Crippen LogP contribution is 2.24. The molecule has 0 aromatic carbocycles. The summed E-state index contributed by atoms with van der Waals surface area (Å²) >= 11 is 3.19. The summed E-state index contributed by atoms with van der Waals surface area (Å²) in [6, 6.07) is 3.50. The third kappa shape index (κ3) is 2.10. The van der Waals surface area contributed by atoms with E-state index < -0.39 is 5.54 Å². The van der Waals surface area contributed by atoms with Gasteiger partial charge in [0, 0.05) is 0 Å². The maximum atomic E-state index is 5.83. The van der Waals surface area contributed by atoms with Gasteiger partial charge in [-0.25, -0.2) is 0 Å². The Morgan fingerprint density at radius 3 is 2.60 bits per heavy atom. The molecular weight excluding hydrogens is 262 g/mol. The average molecular weight is 272 g/mol. The summed E-state index contributed by atoms with van der Waals surface area (Å²) in [6.45, 7) is 3.61. The van der Waals surface area contributed by atoms with Gasteiger partial charge in [0.05, 0.1) is 5.54 Å². The van der Waals surface area contributed by atoms with Crippen molar-refractivity contribution in [2.45, 2.75) is 19.4 Å². The molecule has 0 saturated heterocycles. The maximum absolute atomic E-state index is 5.83. The van der Waals surface area contributed by atoms with E-state index in [1.807, 2.05) is 0 Å². The summed E-state index contributed by atoms with van der Waals surface area (Å²) in [5.74, 6) is 1.30. The molecule has 2 aromatic rings. The van der Waals surface area contributed by atoms with Gasteiger partial charge in [-0.2, -0.15) is 4.98 Å². The summed E-state index contributed by atoms with van der Waals surface area (Å²) < 4.78 is 10.9. The standard InChI is InChI=1S/C9H10BrN3O2/c1-9(2,11)8-12-7(15-13-8)5-3-4-6(10)14-5/h3-4H,11H2,1-2H3. The van der Waals surface area contributed by atoms with Crippen molar-refractivity contribution in [2.75, 3.05) is 0 Å². The highest BCUT2D eigenvalue weighted by atomic mass is 79.9. The fourth-order valence-corrected chi connectivity index (χ4v) is 1.32. The van der Waals surface area contributed by atoms with E-state index in [-0.39, 0.29) is 0 Å². The van der Waals surface area contributed by atoms with Gasteiger partial charge in [-0.3, -0.25) is 0 Å². The second kappa shape index (κ2) is 3.46. The van der Waals surface area contributed by atoms with Crippen molar-refractivity contribution < 1.29 is 8.94 Å². The van der Waals surface area contributed by atoms with E-state index in [1.165, 1.54) is 0 Å². The van der Waals surface area contributed by atoms with Crippen LogP contribution in [-0.2, 0) is 5.54 Å². The first kappa shape index (κ1) is 10.4. The molecule has 0 radical (unpaired) electrons. The van der Waals surface area contributed by atoms with Crippen LogP contribution in [0.5, 0.6) is 0 Å². The summed E-state index contributed by atoms with van der Waals surface area (Å²) in [6.07, 6.45) is 0. The quantitative estimate of drug-likeness (QED) is 0.907. The molecule has 0 aliphatic rings. The summed E-state index contributed by atoms with van der Waals surface area (Å²) in [4.78, 5) is 4.15. The van der Waals surface area contributed by atoms with E-state index in [2.05, 4.69) is 26.1 Å². The molecule has 0 aliphatic heterocycles. The van der Waals surface area contributed by atoms with E-state index in [4.69, 9.17) is 14.7 Å². The first-order valence-electron chi connectivity index (χ1n) is 4.35. The molecule has 2 heterocycles. The number of aromatic nitrogens is 2. The molecule has 0 atom stereocenters. The van der Waals surface area contributed by atoms with Crippen molar-refractivity contribution in [3.05, 3.63) is 22.6 Å². The fourth-order valence-electron chi connectivity index (χ4n) is 1.01. The first-order valence-corrected chi connectivity index (χ1v) is 5.15. The van der Waals surface area contributed by atoms with Crippen LogP contribution in [0.2, 0.25) is 0 Å². The van der Waals surface area contributed by atoms with Crippen LogP contribution in [-0.4, -0.2) is 10.1 Å². The molecule has 6 heteroatoms. The Morgan fingerprint density at radius 2 is 2.13 bits per heavy atom. The molecule has 0 amide bonds. The van der Waals surface area contributed by atoms with Crippen LogP contribution in [0.1, 0.15) is 19.7 Å². The van der Waals surface area contributed by atoms with Gasteiger partial charge in [0.1, 0.15) is 0 Å². The van der Waals surface area contributed by atoms with Crippen LogP contribution in [0.4, 0.5) is 0 Å². The van der Waals surface area contributed by atoms with Crippen LogP contribution in [0, 0.1) is 0 Å². The summed E-state index contributed by atoms with van der Waals surface area (Å²) in [7, 11) is 0. The van der Waals surface area contributed by atoms with Crippen molar-refractivity contribution in [1.82, 2.24) is 10.1 Å². The van der Waals surface area contributed by atoms with Crippen molar-refractivity contribution in [1.29, 1.82) is 0 Å². The largest absolute Gasteiger partial charge is 0.444 e. The van der Waals surface area contributed by atoms with Crippen LogP contribution < -0.4 is 5.73 Å². The minimum atomic E-state index is -0.619. The molecular formula is C9H10BrN3O2. The lowest BCUT2D eigenvalue weighted by Gasteiger charge is -2.11. The van der Waals surface area contributed by atoms with Crippen LogP contribution in [0.25, 0.3) is 11.7 Å². The summed E-state index contributed by atoms with van der Waals surface area (Å²) in [5, 5.41) is 3.79. The lowest BCUT2D eigenvalue weighted by Crippen LogP contribution is -2.30. The van der Waals surface area contributed by atoms with Crippen molar-refractivity contribution in [3.8, 4) is 11.7 Å². The highest BCUT2D eigenvalue weighted by Gasteiger charge is 2.22. The Morgan fingerprint density at radius 1 is 1.40 bits per heavy atom. The number of furan rings is 1. The average Bonchev–Trinajstić information content (AvgIpc) is 2.69. The predicted octanol–water partition coefficient (Wildman–Crippen LogP) is 2.29. The second-order valence-corrected chi connectivity index (χ2v) is 4.53. The summed E-state index contributed by atoms with van der Waals surface area (Å²) in [5.41, 5.74) is 5.21. The van der Waals surface area contributed by atoms with E-state index in [1.54, 1.807) is 26.0 Å². The minimum absolute atomic E-state index is 0.328. The molecule has 0 aliphatic carbocycles. The van der Waals surface area contributed by atoms with Crippen molar-refractivity contribution in [2.24, 2.45) is 5.73 Å². The zero-order valence-corrected chi connectivity index (χ0v) is 9.91. The molecule has 2 N–H and O–H groups in total. The van der Waals surface area contributed by atoms with E-state index in [0.29, 0.717) is 22.1 Å². The molecule has 80 valence electrons. The Hall–Kier alpha value is -1.14. The fraction of sp³-hybridized carbons (Fsp3) is 0.333. The number of halogens is 1. The molecule has 2 aromatic heterocycles. The smallest absolute Gasteiger partial charge is 0.293 e. The SMILES string of the molecule is CC(C)(N)c1noc(-c2ccc(Br)o2)n1. The van der Waals surface area contributed by atoms with Crippen molar-refractivity contribution in [3.63, 3.8) is 0 Å². The van der Waals surface area contributed by atoms with Gasteiger partial charge < -0.3 is 14.7 Å². The zero-order chi connectivity index (χ0) is 11.1. The Bertz CT molecular complexity index is 470. The van der Waals surface area contributed by atoms with Crippen LogP contribution >= 0.6 is 15.9 Å². The van der Waals surface area contributed by atoms with Gasteiger partial charge in [-0.05, 0) is 41.9 Å². The molecule has 0 saturated carbocycles. The topological polar surface area (TPSA) is 78.1 Å². The van der Waals surface area contributed by atoms with Crippen molar-refractivity contribution >= 4 is 15.9 Å². The molecule has 5 nitrogen and oxygen atoms in total. The Balaban J connectivity index is 2.36. The van der Waals surface area contributed by atoms with Gasteiger partial charge in [-0.15, -0.1) is 0 Å². The van der Waals surface area contributed by atoms with Crippen LogP contribution in [0.3, 0.4) is 0 Å². The normalized spacial score (nSPS) is 12.0. The number of nitrogens with two attached hydrogens (primary N) is 1. The third-order valence-corrected chi connectivity index (χ3v) is 2.21.